The maximum Gasteiger partial charge on any atom is 0.306 e. The molecule has 3 rings (SSSR count). The topological polar surface area (TPSA) is 75.6 Å². The van der Waals surface area contributed by atoms with Gasteiger partial charge >= 0.3 is 5.97 Å². The van der Waals surface area contributed by atoms with Gasteiger partial charge in [0, 0.05) is 17.5 Å². The number of amides is 1. The number of rotatable bonds is 5. The number of carbonyl (C=O) groups excluding carboxylic acids is 2. The Bertz CT molecular complexity index is 815. The molecule has 0 fully saturated rings. The molecule has 2 unspecified atom stereocenters. The van der Waals surface area contributed by atoms with E-state index in [-0.39, 0.29) is 24.9 Å². The van der Waals surface area contributed by atoms with Crippen LogP contribution in [0.1, 0.15) is 30.4 Å². The zero-order valence-corrected chi connectivity index (χ0v) is 14.3. The number of ether oxygens (including phenoxy) is 1. The first-order chi connectivity index (χ1) is 12.0. The molecule has 1 aliphatic carbocycles. The zero-order valence-electron chi connectivity index (χ0n) is 14.3. The number of aliphatic hydroxyl groups is 1. The van der Waals surface area contributed by atoms with Gasteiger partial charge in [-0.05, 0) is 34.4 Å². The summed E-state index contributed by atoms with van der Waals surface area (Å²) in [4.78, 5) is 23.6. The molecular formula is C20H21NO4. The van der Waals surface area contributed by atoms with Gasteiger partial charge in [-0.2, -0.15) is 0 Å². The number of fused-ring (bicyclic) bond motifs is 3. The number of hydrogen-bond acceptors (Lipinski definition) is 4. The van der Waals surface area contributed by atoms with E-state index in [4.69, 9.17) is 0 Å². The molecule has 2 atom stereocenters. The van der Waals surface area contributed by atoms with E-state index in [1.165, 1.54) is 7.11 Å². The standard InChI is InChI=1S/C20H21NO4/c1-12(9-19(23)25-2)20(24)21-13-7-8-16-14-5-3-4-6-15(14)18(11-22)17(16)10-13/h3-8,10,12,18,22H,9,11H2,1-2H3,(H,21,24). The van der Waals surface area contributed by atoms with Crippen molar-refractivity contribution in [1.82, 2.24) is 0 Å². The van der Waals surface area contributed by atoms with Gasteiger partial charge in [-0.25, -0.2) is 0 Å². The minimum Gasteiger partial charge on any atom is -0.469 e. The molecule has 0 spiro atoms. The summed E-state index contributed by atoms with van der Waals surface area (Å²) in [5, 5.41) is 12.7. The minimum atomic E-state index is -0.480. The van der Waals surface area contributed by atoms with Crippen molar-refractivity contribution in [2.24, 2.45) is 5.92 Å². The fraction of sp³-hybridized carbons (Fsp3) is 0.300. The Balaban J connectivity index is 1.82. The molecule has 2 aromatic carbocycles. The van der Waals surface area contributed by atoms with Gasteiger partial charge in [-0.3, -0.25) is 9.59 Å². The smallest absolute Gasteiger partial charge is 0.306 e. The van der Waals surface area contributed by atoms with Crippen LogP contribution in [0.3, 0.4) is 0 Å². The van der Waals surface area contributed by atoms with Crippen molar-refractivity contribution in [3.05, 3.63) is 53.6 Å². The molecule has 2 aromatic rings. The van der Waals surface area contributed by atoms with Crippen molar-refractivity contribution >= 4 is 17.6 Å². The van der Waals surface area contributed by atoms with Crippen molar-refractivity contribution in [1.29, 1.82) is 0 Å². The van der Waals surface area contributed by atoms with Crippen molar-refractivity contribution in [3.63, 3.8) is 0 Å². The molecule has 1 amide bonds. The molecule has 0 saturated carbocycles. The lowest BCUT2D eigenvalue weighted by Crippen LogP contribution is -2.23. The summed E-state index contributed by atoms with van der Waals surface area (Å²) in [6.45, 7) is 1.70. The predicted molar refractivity (Wildman–Crippen MR) is 95.2 cm³/mol. The number of hydrogen-bond donors (Lipinski definition) is 2. The lowest BCUT2D eigenvalue weighted by molar-refractivity contribution is -0.143. The van der Waals surface area contributed by atoms with Gasteiger partial charge < -0.3 is 15.2 Å². The number of methoxy groups -OCH3 is 1. The molecular weight excluding hydrogens is 318 g/mol. The van der Waals surface area contributed by atoms with Crippen LogP contribution in [0.5, 0.6) is 0 Å². The van der Waals surface area contributed by atoms with Crippen molar-refractivity contribution in [3.8, 4) is 11.1 Å². The largest absolute Gasteiger partial charge is 0.469 e. The van der Waals surface area contributed by atoms with Gasteiger partial charge in [-0.15, -0.1) is 0 Å². The molecule has 5 heteroatoms. The van der Waals surface area contributed by atoms with E-state index in [0.717, 1.165) is 22.3 Å². The highest BCUT2D eigenvalue weighted by Crippen LogP contribution is 2.45. The molecule has 0 radical (unpaired) electrons. The van der Waals surface area contributed by atoms with Crippen LogP contribution in [-0.2, 0) is 14.3 Å². The SMILES string of the molecule is COC(=O)CC(C)C(=O)Nc1ccc2c(c1)C(CO)c1ccccc1-2. The highest BCUT2D eigenvalue weighted by atomic mass is 16.5. The highest BCUT2D eigenvalue weighted by molar-refractivity contribution is 5.95. The highest BCUT2D eigenvalue weighted by Gasteiger charge is 2.28. The van der Waals surface area contributed by atoms with Crippen molar-refractivity contribution in [2.75, 3.05) is 19.0 Å². The molecule has 0 bridgehead atoms. The van der Waals surface area contributed by atoms with E-state index in [2.05, 4.69) is 10.1 Å². The summed E-state index contributed by atoms with van der Waals surface area (Å²) in [7, 11) is 1.31. The Kier molecular flexibility index (Phi) is 4.86. The summed E-state index contributed by atoms with van der Waals surface area (Å²) < 4.78 is 4.60. The Morgan fingerprint density at radius 2 is 1.88 bits per heavy atom. The van der Waals surface area contributed by atoms with E-state index < -0.39 is 11.9 Å². The first-order valence-corrected chi connectivity index (χ1v) is 8.27. The monoisotopic (exact) mass is 339 g/mol. The van der Waals surface area contributed by atoms with E-state index >= 15 is 0 Å². The summed E-state index contributed by atoms with van der Waals surface area (Å²) >= 11 is 0. The maximum atomic E-state index is 12.3. The van der Waals surface area contributed by atoms with Crippen LogP contribution in [0.15, 0.2) is 42.5 Å². The molecule has 1 aliphatic rings. The van der Waals surface area contributed by atoms with E-state index in [1.54, 1.807) is 6.92 Å². The number of esters is 1. The maximum absolute atomic E-state index is 12.3. The summed E-state index contributed by atoms with van der Waals surface area (Å²) in [5.41, 5.74) is 4.96. The van der Waals surface area contributed by atoms with Gasteiger partial charge in [0.1, 0.15) is 0 Å². The van der Waals surface area contributed by atoms with Gasteiger partial charge in [0.2, 0.25) is 5.91 Å². The third-order valence-corrected chi connectivity index (χ3v) is 4.65. The number of anilines is 1. The molecule has 25 heavy (non-hydrogen) atoms. The van der Waals surface area contributed by atoms with E-state index in [1.807, 2.05) is 42.5 Å². The van der Waals surface area contributed by atoms with Crippen LogP contribution in [0.25, 0.3) is 11.1 Å². The second-order valence-electron chi connectivity index (χ2n) is 6.29. The van der Waals surface area contributed by atoms with E-state index in [0.29, 0.717) is 5.69 Å². The number of nitrogens with one attached hydrogen (secondary N) is 1. The Labute approximate surface area is 146 Å². The third kappa shape index (κ3) is 3.28. The lowest BCUT2D eigenvalue weighted by Gasteiger charge is -2.14. The molecule has 5 nitrogen and oxygen atoms in total. The van der Waals surface area contributed by atoms with Crippen molar-refractivity contribution < 1.29 is 19.4 Å². The lowest BCUT2D eigenvalue weighted by atomic mass is 9.97. The normalized spacial score (nSPS) is 15.9. The average Bonchev–Trinajstić information content (AvgIpc) is 2.94. The number of aliphatic hydroxyl groups excluding tert-OH is 1. The van der Waals surface area contributed by atoms with Crippen LogP contribution < -0.4 is 5.32 Å². The molecule has 130 valence electrons. The second-order valence-corrected chi connectivity index (χ2v) is 6.29. The van der Waals surface area contributed by atoms with Crippen LogP contribution in [0.4, 0.5) is 5.69 Å². The first-order valence-electron chi connectivity index (χ1n) is 8.27. The molecule has 0 saturated heterocycles. The second kappa shape index (κ2) is 7.07. The molecule has 2 N–H and O–H groups in total. The van der Waals surface area contributed by atoms with Crippen molar-refractivity contribution in [2.45, 2.75) is 19.3 Å². The minimum absolute atomic E-state index is 0.0140. The van der Waals surface area contributed by atoms with Crippen LogP contribution in [-0.4, -0.2) is 30.7 Å². The van der Waals surface area contributed by atoms with E-state index in [9.17, 15) is 14.7 Å². The number of carbonyl (C=O) groups is 2. The molecule has 0 aromatic heterocycles. The Morgan fingerprint density at radius 3 is 2.60 bits per heavy atom. The number of benzene rings is 2. The zero-order chi connectivity index (χ0) is 18.0. The van der Waals surface area contributed by atoms with Crippen LogP contribution in [0.2, 0.25) is 0 Å². The van der Waals surface area contributed by atoms with Gasteiger partial charge in [0.15, 0.2) is 0 Å². The Hall–Kier alpha value is -2.66. The van der Waals surface area contributed by atoms with Crippen LogP contribution in [0, 0.1) is 5.92 Å². The summed E-state index contributed by atoms with van der Waals surface area (Å²) in [5.74, 6) is -1.21. The quantitative estimate of drug-likeness (QED) is 0.821. The Morgan fingerprint density at radius 1 is 1.16 bits per heavy atom. The fourth-order valence-electron chi connectivity index (χ4n) is 3.28. The molecule has 0 aliphatic heterocycles. The first kappa shape index (κ1) is 17.2. The van der Waals surface area contributed by atoms with Gasteiger partial charge in [0.25, 0.3) is 0 Å². The average molecular weight is 339 g/mol. The van der Waals surface area contributed by atoms with Gasteiger partial charge in [0.05, 0.1) is 20.1 Å². The third-order valence-electron chi connectivity index (χ3n) is 4.65. The van der Waals surface area contributed by atoms with Crippen LogP contribution >= 0.6 is 0 Å². The summed E-state index contributed by atoms with van der Waals surface area (Å²) in [6, 6.07) is 13.7. The summed E-state index contributed by atoms with van der Waals surface area (Å²) in [6.07, 6.45) is 0.0397. The predicted octanol–water partition coefficient (Wildman–Crippen LogP) is 2.93. The molecule has 0 heterocycles. The fourth-order valence-corrected chi connectivity index (χ4v) is 3.28. The van der Waals surface area contributed by atoms with Gasteiger partial charge in [-0.1, -0.05) is 37.3 Å².